The number of hydrogen-bond acceptors (Lipinski definition) is 4. The molecule has 0 radical (unpaired) electrons. The van der Waals surface area contributed by atoms with Gasteiger partial charge in [-0.15, -0.1) is 0 Å². The van der Waals surface area contributed by atoms with Crippen molar-refractivity contribution < 1.29 is 18.3 Å². The number of rotatable bonds is 5. The zero-order valence-electron chi connectivity index (χ0n) is 9.35. The molecule has 3 atom stereocenters. The van der Waals surface area contributed by atoms with Gasteiger partial charge in [0, 0.05) is 20.3 Å². The van der Waals surface area contributed by atoms with Gasteiger partial charge >= 0.3 is 0 Å². The zero-order chi connectivity index (χ0) is 11.5. The summed E-state index contributed by atoms with van der Waals surface area (Å²) in [5.74, 6) is 0.853. The van der Waals surface area contributed by atoms with Crippen LogP contribution in [0.15, 0.2) is 0 Å². The minimum Gasteiger partial charge on any atom is -0.396 e. The SMILES string of the molecule is COCC(C)C(CO)C1CCS(=O)(=O)C1. The van der Waals surface area contributed by atoms with Crippen molar-refractivity contribution in [1.29, 1.82) is 0 Å². The van der Waals surface area contributed by atoms with Crippen molar-refractivity contribution in [1.82, 2.24) is 0 Å². The molecule has 1 rings (SSSR count). The molecule has 0 aromatic heterocycles. The van der Waals surface area contributed by atoms with Crippen LogP contribution in [0.2, 0.25) is 0 Å². The summed E-state index contributed by atoms with van der Waals surface area (Å²) in [6.45, 7) is 2.61. The topological polar surface area (TPSA) is 63.6 Å². The highest BCUT2D eigenvalue weighted by molar-refractivity contribution is 7.91. The fourth-order valence-corrected chi connectivity index (χ4v) is 4.24. The van der Waals surface area contributed by atoms with Crippen LogP contribution < -0.4 is 0 Å². The molecular formula is C10H20O4S. The van der Waals surface area contributed by atoms with Gasteiger partial charge in [0.15, 0.2) is 9.84 Å². The minimum absolute atomic E-state index is 0.0437. The van der Waals surface area contributed by atoms with Gasteiger partial charge in [-0.2, -0.15) is 0 Å². The highest BCUT2D eigenvalue weighted by Gasteiger charge is 2.35. The van der Waals surface area contributed by atoms with Crippen LogP contribution >= 0.6 is 0 Å². The lowest BCUT2D eigenvalue weighted by atomic mass is 9.83. The molecular weight excluding hydrogens is 216 g/mol. The summed E-state index contributed by atoms with van der Waals surface area (Å²) in [5.41, 5.74) is 0. The minimum atomic E-state index is -2.85. The average molecular weight is 236 g/mol. The van der Waals surface area contributed by atoms with Crippen molar-refractivity contribution in [2.75, 3.05) is 31.8 Å². The highest BCUT2D eigenvalue weighted by atomic mass is 32.2. The van der Waals surface area contributed by atoms with Crippen molar-refractivity contribution in [3.8, 4) is 0 Å². The second-order valence-electron chi connectivity index (χ2n) is 4.44. The molecule has 1 aliphatic rings. The van der Waals surface area contributed by atoms with E-state index in [-0.39, 0.29) is 35.9 Å². The fraction of sp³-hybridized carbons (Fsp3) is 1.00. The van der Waals surface area contributed by atoms with E-state index >= 15 is 0 Å². The van der Waals surface area contributed by atoms with Gasteiger partial charge in [-0.3, -0.25) is 0 Å². The second kappa shape index (κ2) is 5.27. The summed E-state index contributed by atoms with van der Waals surface area (Å²) in [4.78, 5) is 0. The van der Waals surface area contributed by atoms with Crippen LogP contribution in [0.1, 0.15) is 13.3 Å². The van der Waals surface area contributed by atoms with Gasteiger partial charge in [0.25, 0.3) is 0 Å². The van der Waals surface area contributed by atoms with E-state index in [2.05, 4.69) is 0 Å². The molecule has 0 aromatic carbocycles. The number of hydrogen-bond donors (Lipinski definition) is 1. The summed E-state index contributed by atoms with van der Waals surface area (Å²) in [6, 6.07) is 0. The standard InChI is InChI=1S/C10H20O4S/c1-8(6-14-2)10(5-11)9-3-4-15(12,13)7-9/h8-11H,3-7H2,1-2H3. The third kappa shape index (κ3) is 3.43. The lowest BCUT2D eigenvalue weighted by molar-refractivity contribution is 0.0735. The molecule has 4 nitrogen and oxygen atoms in total. The smallest absolute Gasteiger partial charge is 0.150 e. The van der Waals surface area contributed by atoms with E-state index in [0.717, 1.165) is 0 Å². The Kier molecular flexibility index (Phi) is 4.55. The number of ether oxygens (including phenoxy) is 1. The summed E-state index contributed by atoms with van der Waals surface area (Å²) >= 11 is 0. The van der Waals surface area contributed by atoms with E-state index in [1.807, 2.05) is 6.92 Å². The van der Waals surface area contributed by atoms with E-state index in [9.17, 15) is 13.5 Å². The number of aliphatic hydroxyl groups excluding tert-OH is 1. The van der Waals surface area contributed by atoms with Crippen LogP contribution in [0, 0.1) is 17.8 Å². The monoisotopic (exact) mass is 236 g/mol. The first-order valence-electron chi connectivity index (χ1n) is 5.30. The third-order valence-electron chi connectivity index (χ3n) is 3.24. The Morgan fingerprint density at radius 3 is 2.60 bits per heavy atom. The van der Waals surface area contributed by atoms with Crippen molar-refractivity contribution in [2.45, 2.75) is 13.3 Å². The van der Waals surface area contributed by atoms with Crippen LogP contribution in [0.4, 0.5) is 0 Å². The van der Waals surface area contributed by atoms with E-state index < -0.39 is 9.84 Å². The van der Waals surface area contributed by atoms with Crippen molar-refractivity contribution >= 4 is 9.84 Å². The van der Waals surface area contributed by atoms with Gasteiger partial charge < -0.3 is 9.84 Å². The molecule has 1 aliphatic heterocycles. The van der Waals surface area contributed by atoms with Gasteiger partial charge in [0.05, 0.1) is 11.5 Å². The molecule has 1 N–H and O–H groups in total. The van der Waals surface area contributed by atoms with Crippen LogP contribution in [0.5, 0.6) is 0 Å². The van der Waals surface area contributed by atoms with E-state index in [4.69, 9.17) is 4.74 Å². The van der Waals surface area contributed by atoms with Crippen molar-refractivity contribution in [2.24, 2.45) is 17.8 Å². The first-order valence-corrected chi connectivity index (χ1v) is 7.12. The summed E-state index contributed by atoms with van der Waals surface area (Å²) in [5, 5.41) is 9.30. The average Bonchev–Trinajstić information content (AvgIpc) is 2.48. The first kappa shape index (κ1) is 12.9. The summed E-state index contributed by atoms with van der Waals surface area (Å²) in [6.07, 6.45) is 0.682. The van der Waals surface area contributed by atoms with Gasteiger partial charge in [-0.1, -0.05) is 6.92 Å². The van der Waals surface area contributed by atoms with Crippen LogP contribution in [-0.4, -0.2) is 45.4 Å². The Hall–Kier alpha value is -0.130. The first-order chi connectivity index (χ1) is 7.00. The maximum Gasteiger partial charge on any atom is 0.150 e. The maximum atomic E-state index is 11.3. The normalized spacial score (nSPS) is 28.9. The molecule has 1 heterocycles. The Morgan fingerprint density at radius 2 is 2.20 bits per heavy atom. The molecule has 3 unspecified atom stereocenters. The third-order valence-corrected chi connectivity index (χ3v) is 5.04. The second-order valence-corrected chi connectivity index (χ2v) is 6.67. The largest absolute Gasteiger partial charge is 0.396 e. The van der Waals surface area contributed by atoms with E-state index in [0.29, 0.717) is 13.0 Å². The Bertz CT molecular complexity index is 286. The molecule has 15 heavy (non-hydrogen) atoms. The molecule has 0 saturated carbocycles. The summed E-state index contributed by atoms with van der Waals surface area (Å²) in [7, 11) is -1.23. The molecule has 1 saturated heterocycles. The Labute approximate surface area is 91.6 Å². The zero-order valence-corrected chi connectivity index (χ0v) is 10.2. The van der Waals surface area contributed by atoms with Crippen molar-refractivity contribution in [3.05, 3.63) is 0 Å². The number of aliphatic hydroxyl groups is 1. The quantitative estimate of drug-likeness (QED) is 0.746. The van der Waals surface area contributed by atoms with Gasteiger partial charge in [0.2, 0.25) is 0 Å². The molecule has 0 aliphatic carbocycles. The molecule has 1 fully saturated rings. The number of methoxy groups -OCH3 is 1. The molecule has 0 amide bonds. The maximum absolute atomic E-state index is 11.3. The molecule has 0 bridgehead atoms. The predicted octanol–water partition coefficient (Wildman–Crippen LogP) is 0.312. The van der Waals surface area contributed by atoms with Crippen LogP contribution in [-0.2, 0) is 14.6 Å². The van der Waals surface area contributed by atoms with Crippen molar-refractivity contribution in [3.63, 3.8) is 0 Å². The predicted molar refractivity (Wildman–Crippen MR) is 58.4 cm³/mol. The lowest BCUT2D eigenvalue weighted by Gasteiger charge is -2.26. The van der Waals surface area contributed by atoms with Gasteiger partial charge in [0.1, 0.15) is 0 Å². The Balaban J connectivity index is 2.60. The molecule has 0 spiro atoms. The molecule has 5 heteroatoms. The number of sulfone groups is 1. The summed E-state index contributed by atoms with van der Waals surface area (Å²) < 4.78 is 27.7. The highest BCUT2D eigenvalue weighted by Crippen LogP contribution is 2.30. The Morgan fingerprint density at radius 1 is 1.53 bits per heavy atom. The molecule has 90 valence electrons. The van der Waals surface area contributed by atoms with Gasteiger partial charge in [-0.05, 0) is 24.2 Å². The molecule has 0 aromatic rings. The fourth-order valence-electron chi connectivity index (χ4n) is 2.34. The van der Waals surface area contributed by atoms with E-state index in [1.54, 1.807) is 7.11 Å². The van der Waals surface area contributed by atoms with Crippen LogP contribution in [0.3, 0.4) is 0 Å². The van der Waals surface area contributed by atoms with E-state index in [1.165, 1.54) is 0 Å². The lowest BCUT2D eigenvalue weighted by Crippen LogP contribution is -2.28. The van der Waals surface area contributed by atoms with Crippen LogP contribution in [0.25, 0.3) is 0 Å². The van der Waals surface area contributed by atoms with Gasteiger partial charge in [-0.25, -0.2) is 8.42 Å².